The van der Waals surface area contributed by atoms with Gasteiger partial charge in [0.2, 0.25) is 0 Å². The summed E-state index contributed by atoms with van der Waals surface area (Å²) in [6, 6.07) is 8.34. The van der Waals surface area contributed by atoms with Gasteiger partial charge in [0.1, 0.15) is 5.75 Å². The fourth-order valence-electron chi connectivity index (χ4n) is 5.71. The number of nitrogens with zero attached hydrogens (tertiary/aromatic N) is 2. The highest BCUT2D eigenvalue weighted by Crippen LogP contribution is 2.38. The van der Waals surface area contributed by atoms with Crippen molar-refractivity contribution in [2.45, 2.75) is 70.5 Å². The summed E-state index contributed by atoms with van der Waals surface area (Å²) >= 11 is 0. The average molecular weight is 343 g/mol. The molecule has 0 spiro atoms. The quantitative estimate of drug-likeness (QED) is 0.814. The van der Waals surface area contributed by atoms with Gasteiger partial charge in [0.15, 0.2) is 0 Å². The van der Waals surface area contributed by atoms with E-state index in [1.807, 2.05) is 0 Å². The minimum absolute atomic E-state index is 0.777. The molecule has 0 amide bonds. The number of ether oxygens (including phenoxy) is 1. The number of hydrogen-bond donors (Lipinski definition) is 0. The third-order valence-electron chi connectivity index (χ3n) is 6.88. The summed E-state index contributed by atoms with van der Waals surface area (Å²) in [5, 5.41) is 0. The average Bonchev–Trinajstić information content (AvgIpc) is 3.11. The van der Waals surface area contributed by atoms with Crippen molar-refractivity contribution < 1.29 is 4.74 Å². The van der Waals surface area contributed by atoms with Crippen LogP contribution in [0.25, 0.3) is 0 Å². The fourth-order valence-corrected chi connectivity index (χ4v) is 5.71. The maximum absolute atomic E-state index is 5.44. The maximum atomic E-state index is 5.44. The molecule has 3 nitrogen and oxygen atoms in total. The Labute approximate surface area is 153 Å². The van der Waals surface area contributed by atoms with Gasteiger partial charge in [0.25, 0.3) is 0 Å². The van der Waals surface area contributed by atoms with Gasteiger partial charge in [-0.25, -0.2) is 0 Å². The van der Waals surface area contributed by atoms with Crippen molar-refractivity contribution in [2.24, 2.45) is 5.92 Å². The van der Waals surface area contributed by atoms with Crippen LogP contribution in [-0.4, -0.2) is 48.6 Å². The van der Waals surface area contributed by atoms with Crippen LogP contribution in [0.1, 0.15) is 56.1 Å². The van der Waals surface area contributed by atoms with E-state index in [4.69, 9.17) is 4.74 Å². The summed E-state index contributed by atoms with van der Waals surface area (Å²) in [6.45, 7) is 7.11. The third-order valence-corrected chi connectivity index (χ3v) is 6.88. The topological polar surface area (TPSA) is 15.7 Å². The molecule has 0 unspecified atom stereocenters. The molecule has 1 aliphatic carbocycles. The summed E-state index contributed by atoms with van der Waals surface area (Å²) in [4.78, 5) is 5.64. The molecule has 25 heavy (non-hydrogen) atoms. The van der Waals surface area contributed by atoms with E-state index in [1.165, 1.54) is 75.7 Å². The molecule has 0 N–H and O–H groups in total. The standard InChI is InChI=1S/C22H34N2O/c1-17-15-18(10-11-21(17)25-2)16-24-14-13-23-12-6-9-20(23)22(24)19-7-4-3-5-8-19/h10-11,15,19-20,22H,3-9,12-14,16H2,1-2H3/t20-,22-/m0/s1. The first-order valence-corrected chi connectivity index (χ1v) is 10.4. The highest BCUT2D eigenvalue weighted by Gasteiger charge is 2.42. The van der Waals surface area contributed by atoms with Gasteiger partial charge in [-0.3, -0.25) is 9.80 Å². The number of aryl methyl sites for hydroxylation is 1. The van der Waals surface area contributed by atoms with Crippen molar-refractivity contribution in [3.05, 3.63) is 29.3 Å². The molecule has 1 saturated carbocycles. The lowest BCUT2D eigenvalue weighted by atomic mass is 9.78. The van der Waals surface area contributed by atoms with E-state index in [2.05, 4.69) is 34.9 Å². The maximum Gasteiger partial charge on any atom is 0.121 e. The third kappa shape index (κ3) is 3.59. The molecule has 2 heterocycles. The molecule has 4 rings (SSSR count). The normalized spacial score (nSPS) is 28.9. The van der Waals surface area contributed by atoms with Gasteiger partial charge >= 0.3 is 0 Å². The van der Waals surface area contributed by atoms with Crippen LogP contribution in [0.2, 0.25) is 0 Å². The Morgan fingerprint density at radius 2 is 1.84 bits per heavy atom. The molecule has 3 heteroatoms. The highest BCUT2D eigenvalue weighted by atomic mass is 16.5. The van der Waals surface area contributed by atoms with Crippen molar-refractivity contribution >= 4 is 0 Å². The molecule has 3 aliphatic rings. The van der Waals surface area contributed by atoms with Gasteiger partial charge in [-0.2, -0.15) is 0 Å². The van der Waals surface area contributed by atoms with Crippen LogP contribution in [0.15, 0.2) is 18.2 Å². The first-order chi connectivity index (χ1) is 12.3. The highest BCUT2D eigenvalue weighted by molar-refractivity contribution is 5.36. The molecular weight excluding hydrogens is 308 g/mol. The molecule has 2 saturated heterocycles. The van der Waals surface area contributed by atoms with Crippen molar-refractivity contribution in [1.82, 2.24) is 9.80 Å². The second-order valence-electron chi connectivity index (χ2n) is 8.41. The molecule has 138 valence electrons. The molecule has 3 fully saturated rings. The monoisotopic (exact) mass is 342 g/mol. The molecule has 2 atom stereocenters. The second kappa shape index (κ2) is 7.67. The van der Waals surface area contributed by atoms with Crippen LogP contribution < -0.4 is 4.74 Å². The number of methoxy groups -OCH3 is 1. The molecule has 0 radical (unpaired) electrons. The van der Waals surface area contributed by atoms with Crippen LogP contribution in [0, 0.1) is 12.8 Å². The van der Waals surface area contributed by atoms with E-state index in [1.54, 1.807) is 7.11 Å². The zero-order chi connectivity index (χ0) is 17.2. The van der Waals surface area contributed by atoms with Crippen molar-refractivity contribution in [3.8, 4) is 5.75 Å². The second-order valence-corrected chi connectivity index (χ2v) is 8.41. The fraction of sp³-hybridized carbons (Fsp3) is 0.727. The Morgan fingerprint density at radius 3 is 2.60 bits per heavy atom. The molecule has 0 bridgehead atoms. The van der Waals surface area contributed by atoms with E-state index < -0.39 is 0 Å². The summed E-state index contributed by atoms with van der Waals surface area (Å²) in [7, 11) is 1.76. The van der Waals surface area contributed by atoms with Crippen LogP contribution >= 0.6 is 0 Å². The lowest BCUT2D eigenvalue weighted by Crippen LogP contribution is -2.59. The van der Waals surface area contributed by atoms with Crippen LogP contribution in [0.3, 0.4) is 0 Å². The summed E-state index contributed by atoms with van der Waals surface area (Å²) < 4.78 is 5.44. The number of rotatable bonds is 4. The Kier molecular flexibility index (Phi) is 5.33. The zero-order valence-electron chi connectivity index (χ0n) is 16.0. The van der Waals surface area contributed by atoms with Crippen LogP contribution in [0.5, 0.6) is 5.75 Å². The van der Waals surface area contributed by atoms with Gasteiger partial charge in [-0.15, -0.1) is 0 Å². The number of hydrogen-bond acceptors (Lipinski definition) is 3. The van der Waals surface area contributed by atoms with Crippen molar-refractivity contribution in [3.63, 3.8) is 0 Å². The van der Waals surface area contributed by atoms with E-state index in [0.29, 0.717) is 0 Å². The van der Waals surface area contributed by atoms with E-state index in [9.17, 15) is 0 Å². The lowest BCUT2D eigenvalue weighted by molar-refractivity contribution is -0.00381. The predicted molar refractivity (Wildman–Crippen MR) is 103 cm³/mol. The van der Waals surface area contributed by atoms with Gasteiger partial charge in [0, 0.05) is 31.7 Å². The molecule has 0 aromatic heterocycles. The Balaban J connectivity index is 1.54. The first kappa shape index (κ1) is 17.4. The molecule has 2 aliphatic heterocycles. The van der Waals surface area contributed by atoms with Gasteiger partial charge in [-0.1, -0.05) is 31.4 Å². The zero-order valence-corrected chi connectivity index (χ0v) is 16.0. The number of piperazine rings is 1. The van der Waals surface area contributed by atoms with Gasteiger partial charge in [0.05, 0.1) is 7.11 Å². The summed E-state index contributed by atoms with van der Waals surface area (Å²) in [5.41, 5.74) is 2.71. The molecular formula is C22H34N2O. The smallest absolute Gasteiger partial charge is 0.121 e. The van der Waals surface area contributed by atoms with E-state index in [0.717, 1.165) is 30.3 Å². The van der Waals surface area contributed by atoms with E-state index >= 15 is 0 Å². The Hall–Kier alpha value is -1.06. The predicted octanol–water partition coefficient (Wildman–Crippen LogP) is 4.23. The minimum atomic E-state index is 0.777. The lowest BCUT2D eigenvalue weighted by Gasteiger charge is -2.49. The van der Waals surface area contributed by atoms with Crippen LogP contribution in [-0.2, 0) is 6.54 Å². The van der Waals surface area contributed by atoms with Crippen molar-refractivity contribution in [1.29, 1.82) is 0 Å². The van der Waals surface area contributed by atoms with Crippen molar-refractivity contribution in [2.75, 3.05) is 26.7 Å². The van der Waals surface area contributed by atoms with E-state index in [-0.39, 0.29) is 0 Å². The Bertz CT molecular complexity index is 581. The largest absolute Gasteiger partial charge is 0.496 e. The Morgan fingerprint density at radius 1 is 1.00 bits per heavy atom. The number of benzene rings is 1. The van der Waals surface area contributed by atoms with Crippen LogP contribution in [0.4, 0.5) is 0 Å². The molecule has 1 aromatic rings. The first-order valence-electron chi connectivity index (χ1n) is 10.4. The SMILES string of the molecule is COc1ccc(CN2CCN3CCC[C@H]3[C@@H]2C2CCCCC2)cc1C. The number of fused-ring (bicyclic) bond motifs is 1. The summed E-state index contributed by atoms with van der Waals surface area (Å²) in [6.07, 6.45) is 10.1. The molecule has 1 aromatic carbocycles. The minimum Gasteiger partial charge on any atom is -0.496 e. The summed E-state index contributed by atoms with van der Waals surface area (Å²) in [5.74, 6) is 1.92. The van der Waals surface area contributed by atoms with Gasteiger partial charge < -0.3 is 4.74 Å². The van der Waals surface area contributed by atoms with Gasteiger partial charge in [-0.05, 0) is 62.3 Å².